The van der Waals surface area contributed by atoms with Gasteiger partial charge in [0.15, 0.2) is 0 Å². The Morgan fingerprint density at radius 3 is 2.48 bits per heavy atom. The number of carbonyl (C=O) groups excluding carboxylic acids is 2. The van der Waals surface area contributed by atoms with Crippen LogP contribution in [-0.2, 0) is 9.59 Å². The van der Waals surface area contributed by atoms with Gasteiger partial charge in [0.05, 0.1) is 5.69 Å². The Morgan fingerprint density at radius 1 is 1.20 bits per heavy atom. The molecule has 1 aliphatic carbocycles. The first-order chi connectivity index (χ1) is 12.1. The van der Waals surface area contributed by atoms with Crippen molar-refractivity contribution in [2.75, 3.05) is 11.6 Å². The lowest BCUT2D eigenvalue weighted by molar-refractivity contribution is -0.126. The molecule has 0 radical (unpaired) electrons. The van der Waals surface area contributed by atoms with Gasteiger partial charge in [0.25, 0.3) is 5.91 Å². The molecule has 2 N–H and O–H groups in total. The lowest BCUT2D eigenvalue weighted by Gasteiger charge is -2.33. The fourth-order valence-electron chi connectivity index (χ4n) is 3.81. The van der Waals surface area contributed by atoms with E-state index in [4.69, 9.17) is 5.73 Å². The van der Waals surface area contributed by atoms with E-state index in [-0.39, 0.29) is 18.4 Å². The molecule has 25 heavy (non-hydrogen) atoms. The summed E-state index contributed by atoms with van der Waals surface area (Å²) in [5.74, 6) is -0.518. The van der Waals surface area contributed by atoms with E-state index in [2.05, 4.69) is 5.10 Å². The van der Waals surface area contributed by atoms with Gasteiger partial charge in [-0.3, -0.25) is 14.6 Å². The lowest BCUT2D eigenvalue weighted by atomic mass is 9.93. The van der Waals surface area contributed by atoms with Crippen molar-refractivity contribution in [3.63, 3.8) is 0 Å². The molecule has 1 aliphatic heterocycles. The predicted molar refractivity (Wildman–Crippen MR) is 98.2 cm³/mol. The summed E-state index contributed by atoms with van der Waals surface area (Å²) in [6.07, 6.45) is 5.95. The Labute approximate surface area is 148 Å². The smallest absolute Gasteiger partial charge is 0.270 e. The lowest BCUT2D eigenvalue weighted by Crippen LogP contribution is -2.45. The van der Waals surface area contributed by atoms with Crippen molar-refractivity contribution >= 4 is 23.2 Å². The number of nitrogens with zero attached hydrogens (tertiary/aromatic N) is 3. The van der Waals surface area contributed by atoms with Crippen LogP contribution in [0.1, 0.15) is 45.4 Å². The van der Waals surface area contributed by atoms with Crippen LogP contribution in [0.5, 0.6) is 0 Å². The van der Waals surface area contributed by atoms with Gasteiger partial charge in [0.2, 0.25) is 5.91 Å². The Kier molecular flexibility index (Phi) is 5.36. The Hall–Kier alpha value is -2.37. The summed E-state index contributed by atoms with van der Waals surface area (Å²) in [6.45, 7) is 2.66. The first-order valence-corrected chi connectivity index (χ1v) is 9.14. The number of amides is 2. The van der Waals surface area contributed by atoms with E-state index in [1.54, 1.807) is 5.01 Å². The summed E-state index contributed by atoms with van der Waals surface area (Å²) in [5.41, 5.74) is 6.76. The van der Waals surface area contributed by atoms with Crippen molar-refractivity contribution in [2.45, 2.75) is 57.5 Å². The quantitative estimate of drug-likeness (QED) is 0.891. The predicted octanol–water partition coefficient (Wildman–Crippen LogP) is 2.29. The third-order valence-corrected chi connectivity index (χ3v) is 5.12. The van der Waals surface area contributed by atoms with E-state index in [0.717, 1.165) is 18.5 Å². The monoisotopic (exact) mass is 342 g/mol. The second kappa shape index (κ2) is 7.68. The van der Waals surface area contributed by atoms with Gasteiger partial charge >= 0.3 is 0 Å². The number of para-hydroxylation sites is 1. The number of anilines is 1. The van der Waals surface area contributed by atoms with Crippen LogP contribution in [0, 0.1) is 0 Å². The molecule has 1 atom stereocenters. The van der Waals surface area contributed by atoms with E-state index >= 15 is 0 Å². The van der Waals surface area contributed by atoms with Gasteiger partial charge in [0.1, 0.15) is 11.8 Å². The Morgan fingerprint density at radius 2 is 1.88 bits per heavy atom. The number of carbonyl (C=O) groups is 2. The number of primary amides is 1. The molecule has 134 valence electrons. The standard InChI is InChI=1S/C19H26N4O2/c1-2-22(14-9-5-3-6-10-14)19(25)16-13-17(18(20)24)23(21-16)15-11-7-4-8-12-15/h4,7-8,11-12,14,17H,2-3,5-6,9-10,13H2,1H3,(H2,20,24). The topological polar surface area (TPSA) is 79.0 Å². The van der Waals surface area contributed by atoms with Crippen LogP contribution in [-0.4, -0.2) is 41.1 Å². The molecule has 1 fully saturated rings. The van der Waals surface area contributed by atoms with Gasteiger partial charge in [-0.15, -0.1) is 0 Å². The number of hydrogen-bond donors (Lipinski definition) is 1. The molecule has 6 nitrogen and oxygen atoms in total. The summed E-state index contributed by atoms with van der Waals surface area (Å²) in [4.78, 5) is 26.8. The van der Waals surface area contributed by atoms with Crippen LogP contribution >= 0.6 is 0 Å². The van der Waals surface area contributed by atoms with Gasteiger partial charge in [-0.05, 0) is 31.9 Å². The molecule has 1 aromatic carbocycles. The van der Waals surface area contributed by atoms with Crippen molar-refractivity contribution in [3.8, 4) is 0 Å². The maximum atomic E-state index is 13.0. The van der Waals surface area contributed by atoms with E-state index in [1.807, 2.05) is 42.2 Å². The third-order valence-electron chi connectivity index (χ3n) is 5.12. The number of hydrazone groups is 1. The minimum absolute atomic E-state index is 0.0564. The maximum Gasteiger partial charge on any atom is 0.270 e. The Balaban J connectivity index is 1.82. The molecule has 3 rings (SSSR count). The molecule has 0 spiro atoms. The van der Waals surface area contributed by atoms with Crippen LogP contribution in [0.4, 0.5) is 5.69 Å². The van der Waals surface area contributed by atoms with Gasteiger partial charge in [-0.2, -0.15) is 5.10 Å². The van der Waals surface area contributed by atoms with Crippen molar-refractivity contribution in [3.05, 3.63) is 30.3 Å². The van der Waals surface area contributed by atoms with Gasteiger partial charge in [0, 0.05) is 19.0 Å². The van der Waals surface area contributed by atoms with Crippen molar-refractivity contribution < 1.29 is 9.59 Å². The first kappa shape index (κ1) is 17.5. The summed E-state index contributed by atoms with van der Waals surface area (Å²) in [6, 6.07) is 9.07. The number of nitrogens with two attached hydrogens (primary N) is 1. The number of benzene rings is 1. The normalized spacial score (nSPS) is 21.1. The zero-order valence-electron chi connectivity index (χ0n) is 14.7. The third kappa shape index (κ3) is 3.67. The summed E-state index contributed by atoms with van der Waals surface area (Å²) >= 11 is 0. The highest BCUT2D eigenvalue weighted by atomic mass is 16.2. The largest absolute Gasteiger partial charge is 0.368 e. The minimum Gasteiger partial charge on any atom is -0.368 e. The van der Waals surface area contributed by atoms with E-state index in [1.165, 1.54) is 19.3 Å². The molecule has 0 saturated heterocycles. The fraction of sp³-hybridized carbons (Fsp3) is 0.526. The molecule has 1 aromatic rings. The molecule has 0 aromatic heterocycles. The van der Waals surface area contributed by atoms with Crippen LogP contribution < -0.4 is 10.7 Å². The van der Waals surface area contributed by atoms with Crippen LogP contribution in [0.15, 0.2) is 35.4 Å². The van der Waals surface area contributed by atoms with Gasteiger partial charge in [-0.25, -0.2) is 0 Å². The summed E-state index contributed by atoms with van der Waals surface area (Å²) in [7, 11) is 0. The van der Waals surface area contributed by atoms with E-state index < -0.39 is 11.9 Å². The highest BCUT2D eigenvalue weighted by Crippen LogP contribution is 2.27. The second-order valence-electron chi connectivity index (χ2n) is 6.73. The van der Waals surface area contributed by atoms with E-state index in [9.17, 15) is 9.59 Å². The summed E-state index contributed by atoms with van der Waals surface area (Å²) in [5, 5.41) is 6.07. The molecule has 0 bridgehead atoms. The van der Waals surface area contributed by atoms with Crippen molar-refractivity contribution in [1.29, 1.82) is 0 Å². The Bertz CT molecular complexity index is 653. The molecule has 1 saturated carbocycles. The van der Waals surface area contributed by atoms with E-state index in [0.29, 0.717) is 12.3 Å². The molecule has 1 heterocycles. The molecular weight excluding hydrogens is 316 g/mol. The maximum absolute atomic E-state index is 13.0. The van der Waals surface area contributed by atoms with Crippen molar-refractivity contribution in [2.24, 2.45) is 10.8 Å². The average molecular weight is 342 g/mol. The fourth-order valence-corrected chi connectivity index (χ4v) is 3.81. The molecular formula is C19H26N4O2. The highest BCUT2D eigenvalue weighted by molar-refractivity contribution is 6.40. The van der Waals surface area contributed by atoms with Gasteiger partial charge in [-0.1, -0.05) is 37.5 Å². The van der Waals surface area contributed by atoms with Crippen LogP contribution in [0.2, 0.25) is 0 Å². The molecule has 2 amide bonds. The molecule has 2 aliphatic rings. The second-order valence-corrected chi connectivity index (χ2v) is 6.73. The van der Waals surface area contributed by atoms with Crippen LogP contribution in [0.3, 0.4) is 0 Å². The minimum atomic E-state index is -0.605. The van der Waals surface area contributed by atoms with Crippen LogP contribution in [0.25, 0.3) is 0 Å². The van der Waals surface area contributed by atoms with Gasteiger partial charge < -0.3 is 10.6 Å². The SMILES string of the molecule is CCN(C(=O)C1=NN(c2ccccc2)C(C(N)=O)C1)C1CCCCC1. The summed E-state index contributed by atoms with van der Waals surface area (Å²) < 4.78 is 0. The number of rotatable bonds is 5. The average Bonchev–Trinajstić information content (AvgIpc) is 3.10. The zero-order valence-corrected chi connectivity index (χ0v) is 14.7. The molecule has 6 heteroatoms. The molecule has 1 unspecified atom stereocenters. The zero-order chi connectivity index (χ0) is 17.8. The number of hydrogen-bond acceptors (Lipinski definition) is 4. The highest BCUT2D eigenvalue weighted by Gasteiger charge is 2.37. The van der Waals surface area contributed by atoms with Crippen molar-refractivity contribution in [1.82, 2.24) is 4.90 Å². The first-order valence-electron chi connectivity index (χ1n) is 9.14.